The zero-order chi connectivity index (χ0) is 22.3. The summed E-state index contributed by atoms with van der Waals surface area (Å²) in [7, 11) is 1.76. The Bertz CT molecular complexity index is 1210. The van der Waals surface area contributed by atoms with E-state index < -0.39 is 0 Å². The first kappa shape index (κ1) is 24.4. The van der Waals surface area contributed by atoms with Crippen LogP contribution in [0.25, 0.3) is 10.9 Å². The maximum atomic E-state index is 12.0. The van der Waals surface area contributed by atoms with Gasteiger partial charge >= 0.3 is 0 Å². The Labute approximate surface area is 210 Å². The number of aromatic amines is 1. The number of guanidine groups is 1. The maximum Gasteiger partial charge on any atom is 0.291 e. The number of nitrogens with one attached hydrogen (secondary N) is 4. The highest BCUT2D eigenvalue weighted by atomic mass is 127. The molecule has 0 bridgehead atoms. The maximum absolute atomic E-state index is 12.0. The standard InChI is InChI=1S/C25H27N5O2.HI/c1-17-5-10-21-19(16-28-22(21)14-17)11-12-27-25(26-2)29-15-18-6-8-20(9-7-18)30-24(31)23-4-3-13-32-23;/h3-10,13-14,16,28H,11-12,15H2,1-2H3,(H,30,31)(H2,26,27,29);1H. The molecule has 0 fully saturated rings. The molecule has 0 aliphatic heterocycles. The van der Waals surface area contributed by atoms with Crippen LogP contribution in [0, 0.1) is 6.92 Å². The molecule has 4 N–H and O–H groups in total. The fourth-order valence-corrected chi connectivity index (χ4v) is 3.54. The lowest BCUT2D eigenvalue weighted by molar-refractivity contribution is 0.0996. The molecule has 0 aliphatic carbocycles. The first-order valence-corrected chi connectivity index (χ1v) is 10.6. The number of furan rings is 1. The van der Waals surface area contributed by atoms with E-state index in [1.807, 2.05) is 24.3 Å². The summed E-state index contributed by atoms with van der Waals surface area (Å²) in [6.07, 6.45) is 4.45. The molecule has 4 rings (SSSR count). The minimum absolute atomic E-state index is 0. The Morgan fingerprint density at radius 2 is 1.91 bits per heavy atom. The van der Waals surface area contributed by atoms with E-state index in [9.17, 15) is 4.79 Å². The smallest absolute Gasteiger partial charge is 0.291 e. The van der Waals surface area contributed by atoms with Crippen molar-refractivity contribution in [2.45, 2.75) is 19.9 Å². The minimum atomic E-state index is -0.268. The molecule has 2 heterocycles. The van der Waals surface area contributed by atoms with Crippen molar-refractivity contribution in [3.05, 3.63) is 89.5 Å². The van der Waals surface area contributed by atoms with Crippen LogP contribution < -0.4 is 16.0 Å². The Kier molecular flexibility index (Phi) is 8.53. The fourth-order valence-electron chi connectivity index (χ4n) is 3.54. The van der Waals surface area contributed by atoms with Crippen molar-refractivity contribution in [3.63, 3.8) is 0 Å². The molecule has 4 aromatic rings. The van der Waals surface area contributed by atoms with Gasteiger partial charge in [0.2, 0.25) is 0 Å². The van der Waals surface area contributed by atoms with Crippen molar-refractivity contribution in [3.8, 4) is 0 Å². The minimum Gasteiger partial charge on any atom is -0.459 e. The number of anilines is 1. The van der Waals surface area contributed by atoms with Gasteiger partial charge in [0.25, 0.3) is 5.91 Å². The van der Waals surface area contributed by atoms with Gasteiger partial charge in [-0.1, -0.05) is 24.3 Å². The van der Waals surface area contributed by atoms with Crippen molar-refractivity contribution in [2.75, 3.05) is 18.9 Å². The number of rotatable bonds is 7. The second kappa shape index (κ2) is 11.6. The highest BCUT2D eigenvalue weighted by Crippen LogP contribution is 2.19. The molecule has 0 atom stereocenters. The molecule has 2 aromatic heterocycles. The van der Waals surface area contributed by atoms with Gasteiger partial charge in [-0.05, 0) is 60.4 Å². The highest BCUT2D eigenvalue weighted by Gasteiger charge is 2.08. The Morgan fingerprint density at radius 3 is 2.64 bits per heavy atom. The predicted molar refractivity (Wildman–Crippen MR) is 143 cm³/mol. The summed E-state index contributed by atoms with van der Waals surface area (Å²) in [6, 6.07) is 17.5. The lowest BCUT2D eigenvalue weighted by Gasteiger charge is -2.12. The van der Waals surface area contributed by atoms with Gasteiger partial charge in [-0.25, -0.2) is 0 Å². The highest BCUT2D eigenvalue weighted by molar-refractivity contribution is 14.0. The van der Waals surface area contributed by atoms with Crippen molar-refractivity contribution >= 4 is 52.4 Å². The number of aliphatic imine (C=N–C) groups is 1. The molecule has 0 spiro atoms. The van der Waals surface area contributed by atoms with E-state index in [2.05, 4.69) is 57.2 Å². The molecular formula is C25H28IN5O2. The number of amides is 1. The van der Waals surface area contributed by atoms with E-state index in [1.165, 1.54) is 28.3 Å². The Morgan fingerprint density at radius 1 is 1.09 bits per heavy atom. The van der Waals surface area contributed by atoms with Crippen LogP contribution in [-0.2, 0) is 13.0 Å². The number of hydrogen-bond donors (Lipinski definition) is 4. The summed E-state index contributed by atoms with van der Waals surface area (Å²) in [5.74, 6) is 0.764. The molecule has 172 valence electrons. The number of carbonyl (C=O) groups is 1. The zero-order valence-electron chi connectivity index (χ0n) is 18.6. The lowest BCUT2D eigenvalue weighted by Crippen LogP contribution is -2.37. The van der Waals surface area contributed by atoms with Gasteiger partial charge in [-0.3, -0.25) is 9.79 Å². The number of aromatic nitrogens is 1. The molecular weight excluding hydrogens is 529 g/mol. The number of halogens is 1. The number of nitrogens with zero attached hydrogens (tertiary/aromatic N) is 1. The number of hydrogen-bond acceptors (Lipinski definition) is 3. The number of aryl methyl sites for hydroxylation is 1. The van der Waals surface area contributed by atoms with Crippen LogP contribution >= 0.6 is 24.0 Å². The SMILES string of the molecule is CN=C(NCCc1c[nH]c2cc(C)ccc12)NCc1ccc(NC(=O)c2ccco2)cc1.I. The third-order valence-corrected chi connectivity index (χ3v) is 5.25. The van der Waals surface area contributed by atoms with Gasteiger partial charge in [-0.15, -0.1) is 24.0 Å². The van der Waals surface area contributed by atoms with E-state index in [1.54, 1.807) is 19.2 Å². The van der Waals surface area contributed by atoms with Crippen molar-refractivity contribution < 1.29 is 9.21 Å². The third kappa shape index (κ3) is 6.38. The van der Waals surface area contributed by atoms with Crippen molar-refractivity contribution in [2.24, 2.45) is 4.99 Å². The summed E-state index contributed by atoms with van der Waals surface area (Å²) in [6.45, 7) is 3.50. The molecule has 0 saturated carbocycles. The van der Waals surface area contributed by atoms with Gasteiger partial charge in [0.05, 0.1) is 6.26 Å². The summed E-state index contributed by atoms with van der Waals surface area (Å²) in [5, 5.41) is 10.8. The van der Waals surface area contributed by atoms with Crippen LogP contribution in [0.3, 0.4) is 0 Å². The Hall–Kier alpha value is -3.27. The van der Waals surface area contributed by atoms with E-state index in [-0.39, 0.29) is 35.6 Å². The lowest BCUT2D eigenvalue weighted by atomic mass is 10.1. The topological polar surface area (TPSA) is 94.5 Å². The first-order chi connectivity index (χ1) is 15.6. The summed E-state index contributed by atoms with van der Waals surface area (Å²) in [5.41, 5.74) is 5.51. The molecule has 2 aromatic carbocycles. The molecule has 8 heteroatoms. The largest absolute Gasteiger partial charge is 0.459 e. The number of H-pyrrole nitrogens is 1. The molecule has 1 amide bonds. The molecule has 33 heavy (non-hydrogen) atoms. The number of fused-ring (bicyclic) bond motifs is 1. The van der Waals surface area contributed by atoms with Crippen LogP contribution in [0.15, 0.2) is 76.5 Å². The molecule has 7 nitrogen and oxygen atoms in total. The first-order valence-electron chi connectivity index (χ1n) is 10.6. The fraction of sp³-hybridized carbons (Fsp3) is 0.200. The second-order valence-corrected chi connectivity index (χ2v) is 7.59. The third-order valence-electron chi connectivity index (χ3n) is 5.25. The van der Waals surface area contributed by atoms with E-state index in [0.29, 0.717) is 12.2 Å². The summed E-state index contributed by atoms with van der Waals surface area (Å²) < 4.78 is 5.11. The molecule has 0 aliphatic rings. The second-order valence-electron chi connectivity index (χ2n) is 7.59. The summed E-state index contributed by atoms with van der Waals surface area (Å²) >= 11 is 0. The van der Waals surface area contributed by atoms with Gasteiger partial charge < -0.3 is 25.4 Å². The van der Waals surface area contributed by atoms with Crippen LogP contribution in [0.5, 0.6) is 0 Å². The van der Waals surface area contributed by atoms with E-state index >= 15 is 0 Å². The monoisotopic (exact) mass is 557 g/mol. The molecule has 0 radical (unpaired) electrons. The number of benzene rings is 2. The van der Waals surface area contributed by atoms with Crippen LogP contribution in [-0.4, -0.2) is 30.4 Å². The van der Waals surface area contributed by atoms with Crippen LogP contribution in [0.1, 0.15) is 27.2 Å². The van der Waals surface area contributed by atoms with Crippen LogP contribution in [0.4, 0.5) is 5.69 Å². The van der Waals surface area contributed by atoms with E-state index in [0.717, 1.165) is 24.5 Å². The average Bonchev–Trinajstić information content (AvgIpc) is 3.47. The molecule has 0 saturated heterocycles. The van der Waals surface area contributed by atoms with Gasteiger partial charge in [-0.2, -0.15) is 0 Å². The van der Waals surface area contributed by atoms with E-state index in [4.69, 9.17) is 4.42 Å². The van der Waals surface area contributed by atoms with Crippen molar-refractivity contribution in [1.82, 2.24) is 15.6 Å². The zero-order valence-corrected chi connectivity index (χ0v) is 21.0. The van der Waals surface area contributed by atoms with Gasteiger partial charge in [0, 0.05) is 42.9 Å². The molecule has 0 unspecified atom stereocenters. The quantitative estimate of drug-likeness (QED) is 0.149. The normalized spacial score (nSPS) is 11.2. The summed E-state index contributed by atoms with van der Waals surface area (Å²) in [4.78, 5) is 19.7. The van der Waals surface area contributed by atoms with Crippen molar-refractivity contribution in [1.29, 1.82) is 0 Å². The number of carbonyl (C=O) groups excluding carboxylic acids is 1. The van der Waals surface area contributed by atoms with Gasteiger partial charge in [0.1, 0.15) is 0 Å². The van der Waals surface area contributed by atoms with Gasteiger partial charge in [0.15, 0.2) is 11.7 Å². The average molecular weight is 557 g/mol. The predicted octanol–water partition coefficient (Wildman–Crippen LogP) is 4.85. The Balaban J connectivity index is 0.00000306. The van der Waals surface area contributed by atoms with Crippen LogP contribution in [0.2, 0.25) is 0 Å².